The highest BCUT2D eigenvalue weighted by Gasteiger charge is 2.13. The van der Waals surface area contributed by atoms with Gasteiger partial charge >= 0.3 is 0 Å². The van der Waals surface area contributed by atoms with Crippen molar-refractivity contribution in [1.29, 1.82) is 0 Å². The van der Waals surface area contributed by atoms with Crippen LogP contribution in [0.2, 0.25) is 0 Å². The third kappa shape index (κ3) is 2.80. The van der Waals surface area contributed by atoms with E-state index in [-0.39, 0.29) is 5.78 Å². The van der Waals surface area contributed by atoms with Crippen molar-refractivity contribution in [1.82, 2.24) is 0 Å². The van der Waals surface area contributed by atoms with E-state index in [1.807, 2.05) is 19.1 Å². The largest absolute Gasteiger partial charge is 0.318 e. The van der Waals surface area contributed by atoms with Crippen LogP contribution in [-0.2, 0) is 4.79 Å². The van der Waals surface area contributed by atoms with Gasteiger partial charge in [0.25, 0.3) is 0 Å². The Morgan fingerprint density at radius 2 is 1.80 bits per heavy atom. The monoisotopic (exact) mass is 331 g/mol. The lowest BCUT2D eigenvalue weighted by molar-refractivity contribution is -0.107. The number of carbonyl (C=O) groups is 2. The zero-order chi connectivity index (χ0) is 14.7. The molecule has 0 aromatic heterocycles. The van der Waals surface area contributed by atoms with Crippen LogP contribution in [-0.4, -0.2) is 19.2 Å². The molecule has 0 bridgehead atoms. The van der Waals surface area contributed by atoms with Gasteiger partial charge in [-0.1, -0.05) is 12.1 Å². The van der Waals surface area contributed by atoms with Gasteiger partial charge in [-0.2, -0.15) is 0 Å². The van der Waals surface area contributed by atoms with Gasteiger partial charge in [0, 0.05) is 28.3 Å². The van der Waals surface area contributed by atoms with Crippen LogP contribution in [0.4, 0.5) is 5.69 Å². The van der Waals surface area contributed by atoms with E-state index in [1.165, 1.54) is 4.90 Å². The number of amides is 1. The number of rotatable bonds is 4. The molecule has 0 aliphatic carbocycles. The maximum atomic E-state index is 12.5. The fourth-order valence-electron chi connectivity index (χ4n) is 1.89. The molecule has 2 aromatic rings. The minimum atomic E-state index is -0.0409. The average molecular weight is 332 g/mol. The van der Waals surface area contributed by atoms with E-state index in [9.17, 15) is 9.59 Å². The maximum Gasteiger partial charge on any atom is 0.213 e. The summed E-state index contributed by atoms with van der Waals surface area (Å²) in [6, 6.07) is 12.6. The molecule has 20 heavy (non-hydrogen) atoms. The van der Waals surface area contributed by atoms with Crippen LogP contribution in [0.15, 0.2) is 46.9 Å². The first-order chi connectivity index (χ1) is 9.54. The van der Waals surface area contributed by atoms with Crippen LogP contribution in [0.25, 0.3) is 0 Å². The molecule has 2 aromatic carbocycles. The topological polar surface area (TPSA) is 37.4 Å². The minimum Gasteiger partial charge on any atom is -0.318 e. The fraction of sp³-hybridized carbons (Fsp3) is 0.125. The molecule has 1 amide bonds. The number of hydrogen-bond donors (Lipinski definition) is 0. The first-order valence-corrected chi connectivity index (χ1v) is 6.92. The maximum absolute atomic E-state index is 12.5. The first kappa shape index (κ1) is 14.5. The number of nitrogens with zero attached hydrogens (tertiary/aromatic N) is 1. The summed E-state index contributed by atoms with van der Waals surface area (Å²) in [6.07, 6.45) is 0.730. The summed E-state index contributed by atoms with van der Waals surface area (Å²) in [5.41, 5.74) is 3.01. The Hall–Kier alpha value is -1.94. The van der Waals surface area contributed by atoms with Crippen molar-refractivity contribution in [3.05, 3.63) is 63.6 Å². The van der Waals surface area contributed by atoms with Crippen molar-refractivity contribution in [3.8, 4) is 0 Å². The summed E-state index contributed by atoms with van der Waals surface area (Å²) in [5.74, 6) is -0.0409. The summed E-state index contributed by atoms with van der Waals surface area (Å²) < 4.78 is 0.819. The molecular weight excluding hydrogens is 318 g/mol. The Morgan fingerprint density at radius 1 is 1.15 bits per heavy atom. The summed E-state index contributed by atoms with van der Waals surface area (Å²) in [7, 11) is 1.67. The summed E-state index contributed by atoms with van der Waals surface area (Å²) in [5, 5.41) is 0. The van der Waals surface area contributed by atoms with Gasteiger partial charge in [0.05, 0.1) is 0 Å². The molecule has 0 radical (unpaired) electrons. The molecule has 0 unspecified atom stereocenters. The molecule has 0 aliphatic heterocycles. The number of anilines is 1. The summed E-state index contributed by atoms with van der Waals surface area (Å²) >= 11 is 3.45. The van der Waals surface area contributed by atoms with E-state index >= 15 is 0 Å². The quantitative estimate of drug-likeness (QED) is 0.634. The van der Waals surface area contributed by atoms with E-state index in [2.05, 4.69) is 15.9 Å². The minimum absolute atomic E-state index is 0.0409. The van der Waals surface area contributed by atoms with Gasteiger partial charge in [-0.3, -0.25) is 9.59 Å². The van der Waals surface area contributed by atoms with Gasteiger partial charge in [0.1, 0.15) is 0 Å². The van der Waals surface area contributed by atoms with Gasteiger partial charge in [-0.05, 0) is 58.7 Å². The lowest BCUT2D eigenvalue weighted by atomic mass is 10.0. The Kier molecular flexibility index (Phi) is 4.35. The Balaban J connectivity index is 2.34. The fourth-order valence-corrected chi connectivity index (χ4v) is 2.33. The SMILES string of the molecule is Cc1cccc(C(=O)c2ccc(N(C)C=O)cc2)c1Br. The van der Waals surface area contributed by atoms with Gasteiger partial charge in [-0.15, -0.1) is 0 Å². The third-order valence-corrected chi connectivity index (χ3v) is 4.18. The van der Waals surface area contributed by atoms with Crippen LogP contribution in [0, 0.1) is 6.92 Å². The molecule has 4 heteroatoms. The Labute approximate surface area is 126 Å². The predicted octanol–water partition coefficient (Wildman–Crippen LogP) is 3.58. The molecule has 0 saturated carbocycles. The highest BCUT2D eigenvalue weighted by atomic mass is 79.9. The molecule has 0 spiro atoms. The lowest BCUT2D eigenvalue weighted by Gasteiger charge is -2.11. The van der Waals surface area contributed by atoms with E-state index < -0.39 is 0 Å². The lowest BCUT2D eigenvalue weighted by Crippen LogP contribution is -2.13. The number of aryl methyl sites for hydroxylation is 1. The second-order valence-electron chi connectivity index (χ2n) is 4.53. The van der Waals surface area contributed by atoms with Gasteiger partial charge in [0.2, 0.25) is 6.41 Å². The van der Waals surface area contributed by atoms with Crippen molar-refractivity contribution < 1.29 is 9.59 Å². The van der Waals surface area contributed by atoms with E-state index in [4.69, 9.17) is 0 Å². The van der Waals surface area contributed by atoms with Crippen LogP contribution >= 0.6 is 15.9 Å². The standard InChI is InChI=1S/C16H14BrNO2/c1-11-4-3-5-14(15(11)17)16(20)12-6-8-13(9-7-12)18(2)10-19/h3-10H,1-2H3. The van der Waals surface area contributed by atoms with Gasteiger partial charge in [0.15, 0.2) is 5.78 Å². The number of hydrogen-bond acceptors (Lipinski definition) is 2. The smallest absolute Gasteiger partial charge is 0.213 e. The van der Waals surface area contributed by atoms with Gasteiger partial charge < -0.3 is 4.90 Å². The van der Waals surface area contributed by atoms with E-state index in [0.29, 0.717) is 11.1 Å². The number of carbonyl (C=O) groups excluding carboxylic acids is 2. The summed E-state index contributed by atoms with van der Waals surface area (Å²) in [6.45, 7) is 1.95. The number of halogens is 1. The van der Waals surface area contributed by atoms with Crippen LogP contribution < -0.4 is 4.90 Å². The van der Waals surface area contributed by atoms with Crippen molar-refractivity contribution >= 4 is 33.8 Å². The highest BCUT2D eigenvalue weighted by molar-refractivity contribution is 9.10. The van der Waals surface area contributed by atoms with Crippen molar-refractivity contribution in [2.24, 2.45) is 0 Å². The van der Waals surface area contributed by atoms with E-state index in [1.54, 1.807) is 37.4 Å². The van der Waals surface area contributed by atoms with E-state index in [0.717, 1.165) is 22.1 Å². The molecule has 0 N–H and O–H groups in total. The number of benzene rings is 2. The Morgan fingerprint density at radius 3 is 2.40 bits per heavy atom. The molecular formula is C16H14BrNO2. The molecule has 0 aliphatic rings. The predicted molar refractivity (Wildman–Crippen MR) is 83.2 cm³/mol. The number of ketones is 1. The zero-order valence-electron chi connectivity index (χ0n) is 11.3. The molecule has 0 atom stereocenters. The van der Waals surface area contributed by atoms with Crippen molar-refractivity contribution in [2.75, 3.05) is 11.9 Å². The van der Waals surface area contributed by atoms with Crippen molar-refractivity contribution in [2.45, 2.75) is 6.92 Å². The zero-order valence-corrected chi connectivity index (χ0v) is 12.8. The highest BCUT2D eigenvalue weighted by Crippen LogP contribution is 2.24. The molecule has 3 nitrogen and oxygen atoms in total. The van der Waals surface area contributed by atoms with Crippen LogP contribution in [0.3, 0.4) is 0 Å². The summed E-state index contributed by atoms with van der Waals surface area (Å²) in [4.78, 5) is 24.6. The normalized spacial score (nSPS) is 10.2. The molecule has 0 heterocycles. The molecule has 102 valence electrons. The van der Waals surface area contributed by atoms with Crippen molar-refractivity contribution in [3.63, 3.8) is 0 Å². The second kappa shape index (κ2) is 6.01. The Bertz CT molecular complexity index is 650. The van der Waals surface area contributed by atoms with Gasteiger partial charge in [-0.25, -0.2) is 0 Å². The second-order valence-corrected chi connectivity index (χ2v) is 5.32. The first-order valence-electron chi connectivity index (χ1n) is 6.12. The average Bonchev–Trinajstić information content (AvgIpc) is 2.48. The molecule has 0 fully saturated rings. The van der Waals surface area contributed by atoms with Crippen LogP contribution in [0.5, 0.6) is 0 Å². The molecule has 2 rings (SSSR count). The van der Waals surface area contributed by atoms with Crippen LogP contribution in [0.1, 0.15) is 21.5 Å². The molecule has 0 saturated heterocycles. The third-order valence-electron chi connectivity index (χ3n) is 3.13.